The lowest BCUT2D eigenvalue weighted by molar-refractivity contribution is -0.384. The molecule has 9 nitrogen and oxygen atoms in total. The molecular formula is C19H21N5O4. The van der Waals surface area contributed by atoms with Gasteiger partial charge >= 0.3 is 0 Å². The number of non-ortho nitro benzene ring substituents is 1. The van der Waals surface area contributed by atoms with Crippen molar-refractivity contribution in [2.75, 3.05) is 23.3 Å². The van der Waals surface area contributed by atoms with E-state index in [0.29, 0.717) is 31.0 Å². The van der Waals surface area contributed by atoms with Gasteiger partial charge in [0.15, 0.2) is 0 Å². The summed E-state index contributed by atoms with van der Waals surface area (Å²) in [5.41, 5.74) is 6.61. The highest BCUT2D eigenvalue weighted by atomic mass is 16.6. The van der Waals surface area contributed by atoms with Crippen molar-refractivity contribution in [1.82, 2.24) is 4.98 Å². The molecule has 1 fully saturated rings. The summed E-state index contributed by atoms with van der Waals surface area (Å²) >= 11 is 0. The quantitative estimate of drug-likeness (QED) is 0.601. The van der Waals surface area contributed by atoms with Gasteiger partial charge in [-0.1, -0.05) is 6.07 Å². The minimum absolute atomic E-state index is 0.0793. The van der Waals surface area contributed by atoms with Gasteiger partial charge < -0.3 is 16.0 Å². The van der Waals surface area contributed by atoms with Crippen molar-refractivity contribution in [3.8, 4) is 0 Å². The molecule has 3 rings (SSSR count). The van der Waals surface area contributed by atoms with Crippen molar-refractivity contribution in [3.05, 3.63) is 57.8 Å². The Morgan fingerprint density at radius 1 is 1.32 bits per heavy atom. The van der Waals surface area contributed by atoms with Crippen molar-refractivity contribution in [2.45, 2.75) is 19.8 Å². The number of primary amides is 1. The molecule has 2 amide bonds. The Kier molecular flexibility index (Phi) is 5.53. The second-order valence-corrected chi connectivity index (χ2v) is 6.76. The van der Waals surface area contributed by atoms with Gasteiger partial charge in [-0.05, 0) is 38.0 Å². The highest BCUT2D eigenvalue weighted by Gasteiger charge is 2.28. The van der Waals surface area contributed by atoms with Crippen molar-refractivity contribution in [3.63, 3.8) is 0 Å². The summed E-state index contributed by atoms with van der Waals surface area (Å²) in [5, 5.41) is 13.8. The molecule has 0 spiro atoms. The Balaban J connectivity index is 1.78. The first-order chi connectivity index (χ1) is 13.3. The molecule has 1 aromatic heterocycles. The van der Waals surface area contributed by atoms with Crippen LogP contribution in [-0.4, -0.2) is 34.8 Å². The van der Waals surface area contributed by atoms with E-state index in [1.165, 1.54) is 18.2 Å². The second-order valence-electron chi connectivity index (χ2n) is 6.76. The molecule has 0 saturated carbocycles. The molecule has 9 heteroatoms. The van der Waals surface area contributed by atoms with Crippen LogP contribution in [0.25, 0.3) is 0 Å². The fourth-order valence-electron chi connectivity index (χ4n) is 3.36. The zero-order chi connectivity index (χ0) is 20.3. The number of carbonyl (C=O) groups excluding carboxylic acids is 2. The molecule has 2 heterocycles. The van der Waals surface area contributed by atoms with Gasteiger partial charge in [-0.25, -0.2) is 4.98 Å². The molecular weight excluding hydrogens is 362 g/mol. The predicted molar refractivity (Wildman–Crippen MR) is 104 cm³/mol. The van der Waals surface area contributed by atoms with Crippen molar-refractivity contribution in [1.29, 1.82) is 0 Å². The number of benzene rings is 1. The summed E-state index contributed by atoms with van der Waals surface area (Å²) in [7, 11) is 0. The predicted octanol–water partition coefficient (Wildman–Crippen LogP) is 2.25. The van der Waals surface area contributed by atoms with E-state index in [-0.39, 0.29) is 23.1 Å². The Morgan fingerprint density at radius 2 is 2.11 bits per heavy atom. The fourth-order valence-corrected chi connectivity index (χ4v) is 3.36. The maximum absolute atomic E-state index is 12.7. The number of amides is 2. The van der Waals surface area contributed by atoms with Gasteiger partial charge in [0, 0.05) is 30.9 Å². The van der Waals surface area contributed by atoms with E-state index in [9.17, 15) is 19.7 Å². The number of piperidine rings is 1. The van der Waals surface area contributed by atoms with Gasteiger partial charge in [0.1, 0.15) is 5.82 Å². The van der Waals surface area contributed by atoms with Gasteiger partial charge in [-0.2, -0.15) is 0 Å². The van der Waals surface area contributed by atoms with E-state index in [1.54, 1.807) is 6.07 Å². The third kappa shape index (κ3) is 4.25. The Bertz CT molecular complexity index is 930. The summed E-state index contributed by atoms with van der Waals surface area (Å²) in [4.78, 5) is 41.0. The van der Waals surface area contributed by atoms with Gasteiger partial charge in [0.25, 0.3) is 11.6 Å². The van der Waals surface area contributed by atoms with Crippen LogP contribution < -0.4 is 16.0 Å². The third-order valence-electron chi connectivity index (χ3n) is 4.73. The molecule has 1 saturated heterocycles. The minimum atomic E-state index is -0.741. The maximum Gasteiger partial charge on any atom is 0.270 e. The number of hydrogen-bond acceptors (Lipinski definition) is 6. The van der Waals surface area contributed by atoms with Gasteiger partial charge in [-0.3, -0.25) is 19.7 Å². The fraction of sp³-hybridized carbons (Fsp3) is 0.316. The SMILES string of the molecule is Cc1cccc(NC(=O)C2CCCN(c3ccc([N+](=O)[O-])cc3C(N)=O)C2)n1. The van der Waals surface area contributed by atoms with Crippen LogP contribution in [0.15, 0.2) is 36.4 Å². The molecule has 1 aliphatic rings. The van der Waals surface area contributed by atoms with Crippen molar-refractivity contribution in [2.24, 2.45) is 11.7 Å². The van der Waals surface area contributed by atoms with Crippen LogP contribution in [0.5, 0.6) is 0 Å². The number of carbonyl (C=O) groups is 2. The van der Waals surface area contributed by atoms with Gasteiger partial charge in [-0.15, -0.1) is 0 Å². The summed E-state index contributed by atoms with van der Waals surface area (Å²) in [6.07, 6.45) is 1.45. The maximum atomic E-state index is 12.7. The number of nitro groups is 1. The first kappa shape index (κ1) is 19.3. The van der Waals surface area contributed by atoms with Crippen molar-refractivity contribution >= 4 is 29.0 Å². The van der Waals surface area contributed by atoms with E-state index in [2.05, 4.69) is 10.3 Å². The van der Waals surface area contributed by atoms with E-state index in [0.717, 1.165) is 12.1 Å². The molecule has 1 unspecified atom stereocenters. The largest absolute Gasteiger partial charge is 0.370 e. The number of hydrogen-bond donors (Lipinski definition) is 2. The number of nitrogens with two attached hydrogens (primary N) is 1. The van der Waals surface area contributed by atoms with Gasteiger partial charge in [0.05, 0.1) is 22.1 Å². The first-order valence-electron chi connectivity index (χ1n) is 8.93. The lowest BCUT2D eigenvalue weighted by Gasteiger charge is -2.34. The van der Waals surface area contributed by atoms with E-state index in [4.69, 9.17) is 5.73 Å². The molecule has 0 bridgehead atoms. The minimum Gasteiger partial charge on any atom is -0.370 e. The number of nitrogens with one attached hydrogen (secondary N) is 1. The van der Waals surface area contributed by atoms with Crippen LogP contribution in [0.4, 0.5) is 17.2 Å². The Labute approximate surface area is 161 Å². The molecule has 28 heavy (non-hydrogen) atoms. The number of pyridine rings is 1. The summed E-state index contributed by atoms with van der Waals surface area (Å²) in [6, 6.07) is 9.42. The number of anilines is 2. The second kappa shape index (κ2) is 8.03. The molecule has 3 N–H and O–H groups in total. The van der Waals surface area contributed by atoms with Crippen LogP contribution >= 0.6 is 0 Å². The highest BCUT2D eigenvalue weighted by molar-refractivity contribution is 5.99. The molecule has 146 valence electrons. The molecule has 0 radical (unpaired) electrons. The number of aryl methyl sites for hydroxylation is 1. The lowest BCUT2D eigenvalue weighted by atomic mass is 9.95. The number of rotatable bonds is 5. The Morgan fingerprint density at radius 3 is 2.79 bits per heavy atom. The number of nitrogens with zero attached hydrogens (tertiary/aromatic N) is 3. The Hall–Kier alpha value is -3.49. The van der Waals surface area contributed by atoms with Gasteiger partial charge in [0.2, 0.25) is 5.91 Å². The van der Waals surface area contributed by atoms with Crippen LogP contribution in [0.1, 0.15) is 28.9 Å². The lowest BCUT2D eigenvalue weighted by Crippen LogP contribution is -2.41. The average molecular weight is 383 g/mol. The van der Waals surface area contributed by atoms with E-state index < -0.39 is 10.8 Å². The normalized spacial score (nSPS) is 16.5. The van der Waals surface area contributed by atoms with Crippen LogP contribution in [0.3, 0.4) is 0 Å². The average Bonchev–Trinajstić information content (AvgIpc) is 2.67. The monoisotopic (exact) mass is 383 g/mol. The standard InChI is InChI=1S/C19H21N5O4/c1-12-4-2-6-17(21-12)22-19(26)13-5-3-9-23(11-13)16-8-7-14(24(27)28)10-15(16)18(20)25/h2,4,6-8,10,13H,3,5,9,11H2,1H3,(H2,20,25)(H,21,22,26). The first-order valence-corrected chi connectivity index (χ1v) is 8.93. The molecule has 2 aromatic rings. The topological polar surface area (TPSA) is 131 Å². The number of aromatic nitrogens is 1. The molecule has 1 atom stereocenters. The van der Waals surface area contributed by atoms with Crippen LogP contribution in [0, 0.1) is 23.0 Å². The van der Waals surface area contributed by atoms with Crippen LogP contribution in [0.2, 0.25) is 0 Å². The van der Waals surface area contributed by atoms with E-state index >= 15 is 0 Å². The van der Waals surface area contributed by atoms with E-state index in [1.807, 2.05) is 24.0 Å². The summed E-state index contributed by atoms with van der Waals surface area (Å²) in [5.74, 6) is -0.693. The summed E-state index contributed by atoms with van der Waals surface area (Å²) < 4.78 is 0. The van der Waals surface area contributed by atoms with Crippen LogP contribution in [-0.2, 0) is 4.79 Å². The molecule has 0 aliphatic carbocycles. The smallest absolute Gasteiger partial charge is 0.270 e. The van der Waals surface area contributed by atoms with Crippen molar-refractivity contribution < 1.29 is 14.5 Å². The molecule has 1 aromatic carbocycles. The number of nitro benzene ring substituents is 1. The third-order valence-corrected chi connectivity index (χ3v) is 4.73. The highest BCUT2D eigenvalue weighted by Crippen LogP contribution is 2.29. The zero-order valence-electron chi connectivity index (χ0n) is 15.4. The summed E-state index contributed by atoms with van der Waals surface area (Å²) in [6.45, 7) is 2.86. The molecule has 1 aliphatic heterocycles. The zero-order valence-corrected chi connectivity index (χ0v) is 15.4.